The highest BCUT2D eigenvalue weighted by Gasteiger charge is 2.15. The summed E-state index contributed by atoms with van der Waals surface area (Å²) in [5, 5.41) is 0. The van der Waals surface area contributed by atoms with Crippen molar-refractivity contribution in [2.75, 3.05) is 21.3 Å². The number of carbonyl (C=O) groups excluding carboxylic acids is 2. The summed E-state index contributed by atoms with van der Waals surface area (Å²) in [7, 11) is 4.27. The minimum atomic E-state index is -0.432. The van der Waals surface area contributed by atoms with Crippen molar-refractivity contribution in [2.24, 2.45) is 0 Å². The van der Waals surface area contributed by atoms with Gasteiger partial charge in [-0.1, -0.05) is 0 Å². The lowest BCUT2D eigenvalue weighted by molar-refractivity contribution is 0.0600. The van der Waals surface area contributed by atoms with E-state index < -0.39 is 5.97 Å². The van der Waals surface area contributed by atoms with E-state index in [0.29, 0.717) is 40.4 Å². The van der Waals surface area contributed by atoms with E-state index in [1.807, 2.05) is 0 Å². The first-order valence-corrected chi connectivity index (χ1v) is 6.70. The van der Waals surface area contributed by atoms with E-state index in [1.54, 1.807) is 36.4 Å². The Bertz CT molecular complexity index is 706. The average Bonchev–Trinajstić information content (AvgIpc) is 2.60. The van der Waals surface area contributed by atoms with E-state index >= 15 is 0 Å². The van der Waals surface area contributed by atoms with Gasteiger partial charge in [0.2, 0.25) is 5.75 Å². The first-order chi connectivity index (χ1) is 11.1. The van der Waals surface area contributed by atoms with Gasteiger partial charge in [0.15, 0.2) is 11.5 Å². The fourth-order valence-corrected chi connectivity index (χ4v) is 2.00. The van der Waals surface area contributed by atoms with Crippen molar-refractivity contribution >= 4 is 12.3 Å². The molecule has 2 rings (SSSR count). The minimum Gasteiger partial charge on any atom is -0.493 e. The fraction of sp³-hybridized carbons (Fsp3) is 0.176. The molecule has 0 aliphatic carbocycles. The molecule has 23 heavy (non-hydrogen) atoms. The van der Waals surface area contributed by atoms with E-state index in [1.165, 1.54) is 21.3 Å². The SMILES string of the molecule is COC(=O)c1ccc(Oc2cc(C=O)cc(OC)c2OC)cc1. The zero-order valence-corrected chi connectivity index (χ0v) is 13.0. The zero-order valence-electron chi connectivity index (χ0n) is 13.0. The lowest BCUT2D eigenvalue weighted by Gasteiger charge is -2.14. The molecule has 2 aromatic rings. The molecule has 0 radical (unpaired) electrons. The van der Waals surface area contributed by atoms with Gasteiger partial charge in [0.1, 0.15) is 12.0 Å². The van der Waals surface area contributed by atoms with Crippen LogP contribution in [0, 0.1) is 0 Å². The molecule has 0 fully saturated rings. The standard InChI is InChI=1S/C17H16O6/c1-20-14-8-11(10-18)9-15(16(14)21-2)23-13-6-4-12(5-7-13)17(19)22-3/h4-10H,1-3H3. The van der Waals surface area contributed by atoms with E-state index in [4.69, 9.17) is 14.2 Å². The molecular weight excluding hydrogens is 300 g/mol. The smallest absolute Gasteiger partial charge is 0.337 e. The highest BCUT2D eigenvalue weighted by Crippen LogP contribution is 2.40. The summed E-state index contributed by atoms with van der Waals surface area (Å²) in [5.41, 5.74) is 0.801. The molecule has 0 bridgehead atoms. The summed E-state index contributed by atoms with van der Waals surface area (Å²) < 4.78 is 20.8. The molecule has 2 aromatic carbocycles. The lowest BCUT2D eigenvalue weighted by atomic mass is 10.2. The second kappa shape index (κ2) is 7.31. The Morgan fingerprint density at radius 3 is 2.13 bits per heavy atom. The van der Waals surface area contributed by atoms with Gasteiger partial charge in [-0.2, -0.15) is 0 Å². The Hall–Kier alpha value is -3.02. The number of carbonyl (C=O) groups is 2. The van der Waals surface area contributed by atoms with Crippen molar-refractivity contribution in [2.45, 2.75) is 0 Å². The number of methoxy groups -OCH3 is 3. The topological polar surface area (TPSA) is 71.1 Å². The van der Waals surface area contributed by atoms with Crippen LogP contribution in [0.3, 0.4) is 0 Å². The molecule has 6 heteroatoms. The van der Waals surface area contributed by atoms with E-state index in [-0.39, 0.29) is 0 Å². The molecule has 0 heterocycles. The van der Waals surface area contributed by atoms with Gasteiger partial charge >= 0.3 is 5.97 Å². The monoisotopic (exact) mass is 316 g/mol. The number of esters is 1. The molecule has 0 unspecified atom stereocenters. The predicted octanol–water partition coefficient (Wildman–Crippen LogP) is 3.10. The third-order valence-electron chi connectivity index (χ3n) is 3.11. The molecule has 0 amide bonds. The lowest BCUT2D eigenvalue weighted by Crippen LogP contribution is -2.00. The van der Waals surface area contributed by atoms with E-state index in [2.05, 4.69) is 4.74 Å². The van der Waals surface area contributed by atoms with Gasteiger partial charge in [0.25, 0.3) is 0 Å². The Balaban J connectivity index is 2.35. The third-order valence-corrected chi connectivity index (χ3v) is 3.11. The van der Waals surface area contributed by atoms with Gasteiger partial charge in [0.05, 0.1) is 26.9 Å². The largest absolute Gasteiger partial charge is 0.493 e. The Morgan fingerprint density at radius 1 is 0.957 bits per heavy atom. The van der Waals surface area contributed by atoms with Crippen LogP contribution in [0.1, 0.15) is 20.7 Å². The van der Waals surface area contributed by atoms with Crippen LogP contribution in [-0.4, -0.2) is 33.6 Å². The van der Waals surface area contributed by atoms with Crippen LogP contribution >= 0.6 is 0 Å². The van der Waals surface area contributed by atoms with Gasteiger partial charge < -0.3 is 18.9 Å². The van der Waals surface area contributed by atoms with Crippen molar-refractivity contribution < 1.29 is 28.5 Å². The molecule has 0 spiro atoms. The molecule has 0 saturated carbocycles. The Kier molecular flexibility index (Phi) is 5.19. The van der Waals surface area contributed by atoms with Gasteiger partial charge in [-0.05, 0) is 36.4 Å². The fourth-order valence-electron chi connectivity index (χ4n) is 2.00. The second-order valence-electron chi connectivity index (χ2n) is 4.49. The van der Waals surface area contributed by atoms with E-state index in [9.17, 15) is 9.59 Å². The Morgan fingerprint density at radius 2 is 1.61 bits per heavy atom. The Labute approximate surface area is 133 Å². The van der Waals surface area contributed by atoms with Gasteiger partial charge in [0, 0.05) is 5.56 Å². The quantitative estimate of drug-likeness (QED) is 0.602. The zero-order chi connectivity index (χ0) is 16.8. The maximum atomic E-state index is 11.4. The number of rotatable bonds is 6. The van der Waals surface area contributed by atoms with Gasteiger partial charge in [-0.15, -0.1) is 0 Å². The summed E-state index contributed by atoms with van der Waals surface area (Å²) >= 11 is 0. The third kappa shape index (κ3) is 3.60. The van der Waals surface area contributed by atoms with E-state index in [0.717, 1.165) is 0 Å². The number of aldehydes is 1. The van der Waals surface area contributed by atoms with Crippen LogP contribution in [-0.2, 0) is 4.74 Å². The molecule has 6 nitrogen and oxygen atoms in total. The van der Waals surface area contributed by atoms with Gasteiger partial charge in [-0.25, -0.2) is 4.79 Å². The van der Waals surface area contributed by atoms with Crippen LogP contribution in [0.2, 0.25) is 0 Å². The van der Waals surface area contributed by atoms with Crippen LogP contribution in [0.15, 0.2) is 36.4 Å². The highest BCUT2D eigenvalue weighted by atomic mass is 16.5. The van der Waals surface area contributed by atoms with Crippen molar-refractivity contribution in [3.8, 4) is 23.0 Å². The highest BCUT2D eigenvalue weighted by molar-refractivity contribution is 5.89. The first kappa shape index (κ1) is 16.4. The summed E-state index contributed by atoms with van der Waals surface area (Å²) in [6.45, 7) is 0. The van der Waals surface area contributed by atoms with Crippen molar-refractivity contribution in [3.63, 3.8) is 0 Å². The number of ether oxygens (including phenoxy) is 4. The molecule has 0 aliphatic heterocycles. The summed E-state index contributed by atoms with van der Waals surface area (Å²) in [6.07, 6.45) is 0.690. The van der Waals surface area contributed by atoms with Crippen LogP contribution in [0.4, 0.5) is 0 Å². The minimum absolute atomic E-state index is 0.333. The number of benzene rings is 2. The van der Waals surface area contributed by atoms with Crippen LogP contribution in [0.5, 0.6) is 23.0 Å². The van der Waals surface area contributed by atoms with Crippen molar-refractivity contribution in [1.82, 2.24) is 0 Å². The summed E-state index contributed by atoms with van der Waals surface area (Å²) in [6, 6.07) is 9.49. The molecule has 0 aromatic heterocycles. The van der Waals surface area contributed by atoms with Gasteiger partial charge in [-0.3, -0.25) is 4.79 Å². The van der Waals surface area contributed by atoms with Crippen molar-refractivity contribution in [3.05, 3.63) is 47.5 Å². The predicted molar refractivity (Wildman–Crippen MR) is 82.8 cm³/mol. The number of hydrogen-bond donors (Lipinski definition) is 0. The summed E-state index contributed by atoms with van der Waals surface area (Å²) in [4.78, 5) is 22.4. The molecular formula is C17H16O6. The average molecular weight is 316 g/mol. The maximum absolute atomic E-state index is 11.4. The van der Waals surface area contributed by atoms with Crippen LogP contribution in [0.25, 0.3) is 0 Å². The number of hydrogen-bond acceptors (Lipinski definition) is 6. The summed E-state index contributed by atoms with van der Waals surface area (Å²) in [5.74, 6) is 1.13. The second-order valence-corrected chi connectivity index (χ2v) is 4.49. The molecule has 0 atom stereocenters. The first-order valence-electron chi connectivity index (χ1n) is 6.70. The normalized spacial score (nSPS) is 9.87. The molecule has 120 valence electrons. The molecule has 0 N–H and O–H groups in total. The van der Waals surface area contributed by atoms with Crippen molar-refractivity contribution in [1.29, 1.82) is 0 Å². The molecule has 0 saturated heterocycles. The molecule has 0 aliphatic rings. The van der Waals surface area contributed by atoms with Crippen LogP contribution < -0.4 is 14.2 Å². The maximum Gasteiger partial charge on any atom is 0.337 e.